The number of hydrogen-bond acceptors (Lipinski definition) is 3. The van der Waals surface area contributed by atoms with Crippen molar-refractivity contribution in [3.63, 3.8) is 0 Å². The summed E-state index contributed by atoms with van der Waals surface area (Å²) in [6, 6.07) is 24.9. The Morgan fingerprint density at radius 1 is 0.765 bits per heavy atom. The van der Waals surface area contributed by atoms with E-state index in [9.17, 15) is 5.11 Å². The first-order chi connectivity index (χ1) is 16.1. The van der Waals surface area contributed by atoms with Gasteiger partial charge in [0.1, 0.15) is 0 Å². The van der Waals surface area contributed by atoms with Crippen LogP contribution in [0.4, 0.5) is 0 Å². The number of aliphatic hydroxyl groups is 1. The van der Waals surface area contributed by atoms with Gasteiger partial charge in [-0.2, -0.15) is 0 Å². The van der Waals surface area contributed by atoms with E-state index in [0.29, 0.717) is 6.61 Å². The van der Waals surface area contributed by atoms with Crippen molar-refractivity contribution in [3.8, 4) is 0 Å². The molecule has 0 saturated heterocycles. The van der Waals surface area contributed by atoms with Crippen LogP contribution in [0.5, 0.6) is 0 Å². The molecule has 34 heavy (non-hydrogen) atoms. The highest BCUT2D eigenvalue weighted by molar-refractivity contribution is 6.99. The zero-order valence-corrected chi connectivity index (χ0v) is 24.8. The highest BCUT2D eigenvalue weighted by atomic mass is 28.4. The lowest BCUT2D eigenvalue weighted by Crippen LogP contribution is -2.67. The van der Waals surface area contributed by atoms with Crippen molar-refractivity contribution in [2.45, 2.75) is 84.7 Å². The van der Waals surface area contributed by atoms with E-state index < -0.39 is 16.6 Å². The number of benzene rings is 2. The predicted octanol–water partition coefficient (Wildman–Crippen LogP) is 6.22. The topological polar surface area (TPSA) is 38.7 Å². The van der Waals surface area contributed by atoms with E-state index >= 15 is 0 Å². The Morgan fingerprint density at radius 2 is 1.21 bits per heavy atom. The smallest absolute Gasteiger partial charge is 0.261 e. The fourth-order valence-electron chi connectivity index (χ4n) is 5.30. The van der Waals surface area contributed by atoms with Crippen molar-refractivity contribution < 1.29 is 14.0 Å². The van der Waals surface area contributed by atoms with Crippen molar-refractivity contribution >= 4 is 27.0 Å². The lowest BCUT2D eigenvalue weighted by molar-refractivity contribution is 0.0286. The van der Waals surface area contributed by atoms with Crippen LogP contribution in [0.25, 0.3) is 0 Å². The van der Waals surface area contributed by atoms with Gasteiger partial charge in [-0.1, -0.05) is 116 Å². The van der Waals surface area contributed by atoms with Crippen LogP contribution in [0.1, 0.15) is 55.4 Å². The molecular formula is C29H48O3Si2. The van der Waals surface area contributed by atoms with Crippen LogP contribution in [-0.2, 0) is 8.85 Å². The van der Waals surface area contributed by atoms with Crippen molar-refractivity contribution in [2.75, 3.05) is 13.2 Å². The first-order valence-corrected chi connectivity index (χ1v) is 17.6. The first kappa shape index (κ1) is 29.0. The summed E-state index contributed by atoms with van der Waals surface area (Å²) < 4.78 is 14.2. The maximum atomic E-state index is 10.1. The molecule has 3 atom stereocenters. The number of aliphatic hydroxyl groups excluding tert-OH is 1. The molecule has 190 valence electrons. The van der Waals surface area contributed by atoms with E-state index in [4.69, 9.17) is 8.85 Å². The van der Waals surface area contributed by atoms with Crippen LogP contribution in [0, 0.1) is 11.8 Å². The van der Waals surface area contributed by atoms with E-state index in [2.05, 4.69) is 116 Å². The summed E-state index contributed by atoms with van der Waals surface area (Å²) in [5.41, 5.74) is 0. The summed E-state index contributed by atoms with van der Waals surface area (Å²) in [7, 11) is -4.41. The molecule has 0 aliphatic carbocycles. The summed E-state index contributed by atoms with van der Waals surface area (Å²) >= 11 is 0. The van der Waals surface area contributed by atoms with Crippen LogP contribution >= 0.6 is 0 Å². The van der Waals surface area contributed by atoms with E-state index in [0.717, 1.165) is 18.1 Å². The average Bonchev–Trinajstić information content (AvgIpc) is 2.85. The third kappa shape index (κ3) is 6.30. The Balaban J connectivity index is 2.47. The normalized spacial score (nSPS) is 15.7. The van der Waals surface area contributed by atoms with Gasteiger partial charge < -0.3 is 14.0 Å². The molecule has 5 heteroatoms. The molecule has 0 aliphatic rings. The molecule has 0 aromatic heterocycles. The Hall–Kier alpha value is -1.25. The SMILES string of the molecule is CC[Si](CC)(CC)O[C@@H]([C@H](C)CO)[C@@H](C)CO[Si](c1ccccc1)(c1ccccc1)C(C)(C)C. The van der Waals surface area contributed by atoms with Gasteiger partial charge in [-0.15, -0.1) is 0 Å². The Bertz CT molecular complexity index is 784. The van der Waals surface area contributed by atoms with Gasteiger partial charge in [0.05, 0.1) is 6.10 Å². The molecule has 0 heterocycles. The average molecular weight is 501 g/mol. The van der Waals surface area contributed by atoms with Crippen LogP contribution in [-0.4, -0.2) is 41.1 Å². The minimum Gasteiger partial charge on any atom is -0.413 e. The molecule has 2 rings (SSSR count). The fourth-order valence-corrected chi connectivity index (χ4v) is 13.0. The van der Waals surface area contributed by atoms with Gasteiger partial charge in [0.2, 0.25) is 0 Å². The number of rotatable bonds is 13. The van der Waals surface area contributed by atoms with Gasteiger partial charge in [0, 0.05) is 25.0 Å². The summed E-state index contributed by atoms with van der Waals surface area (Å²) in [4.78, 5) is 0. The Kier molecular flexibility index (Phi) is 10.8. The molecule has 2 aromatic carbocycles. The minimum absolute atomic E-state index is 0.00488. The highest BCUT2D eigenvalue weighted by Gasteiger charge is 2.50. The lowest BCUT2D eigenvalue weighted by atomic mass is 9.95. The second-order valence-electron chi connectivity index (χ2n) is 10.9. The van der Waals surface area contributed by atoms with Gasteiger partial charge in [-0.3, -0.25) is 0 Å². The summed E-state index contributed by atoms with van der Waals surface area (Å²) in [6.45, 7) is 18.9. The number of hydrogen-bond donors (Lipinski definition) is 1. The highest BCUT2D eigenvalue weighted by Crippen LogP contribution is 2.38. The maximum Gasteiger partial charge on any atom is 0.261 e. The largest absolute Gasteiger partial charge is 0.413 e. The zero-order valence-electron chi connectivity index (χ0n) is 22.8. The van der Waals surface area contributed by atoms with Gasteiger partial charge in [-0.25, -0.2) is 0 Å². The van der Waals surface area contributed by atoms with Crippen LogP contribution in [0.2, 0.25) is 23.2 Å². The molecule has 0 unspecified atom stereocenters. The molecule has 0 radical (unpaired) electrons. The second kappa shape index (κ2) is 12.6. The van der Waals surface area contributed by atoms with Gasteiger partial charge in [0.25, 0.3) is 8.32 Å². The Morgan fingerprint density at radius 3 is 1.56 bits per heavy atom. The molecule has 0 amide bonds. The third-order valence-electron chi connectivity index (χ3n) is 7.71. The standard InChI is InChI=1S/C29H48O3Si2/c1-9-33(10-2,11-3)32-28(24(4)22-30)25(5)23-31-34(29(6,7)8,26-18-14-12-15-19-26)27-20-16-13-17-21-27/h12-21,24-25,28,30H,9-11,22-23H2,1-8H3/t24-,25+,28+/m1/s1. The van der Waals surface area contributed by atoms with Crippen molar-refractivity contribution in [3.05, 3.63) is 60.7 Å². The zero-order chi connectivity index (χ0) is 25.4. The van der Waals surface area contributed by atoms with E-state index in [1.807, 2.05) is 0 Å². The maximum absolute atomic E-state index is 10.1. The van der Waals surface area contributed by atoms with Crippen molar-refractivity contribution in [1.29, 1.82) is 0 Å². The van der Waals surface area contributed by atoms with Crippen LogP contribution in [0.3, 0.4) is 0 Å². The van der Waals surface area contributed by atoms with Gasteiger partial charge in [0.15, 0.2) is 8.32 Å². The van der Waals surface area contributed by atoms with Crippen molar-refractivity contribution in [2.24, 2.45) is 11.8 Å². The van der Waals surface area contributed by atoms with Crippen molar-refractivity contribution in [1.82, 2.24) is 0 Å². The van der Waals surface area contributed by atoms with Crippen LogP contribution in [0.15, 0.2) is 60.7 Å². The van der Waals surface area contributed by atoms with Crippen LogP contribution < -0.4 is 10.4 Å². The molecule has 1 N–H and O–H groups in total. The monoisotopic (exact) mass is 500 g/mol. The lowest BCUT2D eigenvalue weighted by Gasteiger charge is -2.45. The molecule has 0 saturated carbocycles. The molecule has 3 nitrogen and oxygen atoms in total. The summed E-state index contributed by atoms with van der Waals surface area (Å²) in [5.74, 6) is 0.259. The second-order valence-corrected chi connectivity index (χ2v) is 20.0. The van der Waals surface area contributed by atoms with E-state index in [1.54, 1.807) is 0 Å². The van der Waals surface area contributed by atoms with Gasteiger partial charge >= 0.3 is 0 Å². The molecule has 0 aliphatic heterocycles. The Labute approximate surface area is 211 Å². The molecule has 0 spiro atoms. The predicted molar refractivity (Wildman–Crippen MR) is 151 cm³/mol. The van der Waals surface area contributed by atoms with Gasteiger partial charge in [-0.05, 0) is 33.5 Å². The third-order valence-corrected chi connectivity index (χ3v) is 17.4. The fraction of sp³-hybridized carbons (Fsp3) is 0.586. The minimum atomic E-state index is -2.59. The first-order valence-electron chi connectivity index (χ1n) is 13.1. The summed E-state index contributed by atoms with van der Waals surface area (Å²) in [6.07, 6.45) is -0.00488. The van der Waals surface area contributed by atoms with E-state index in [-0.39, 0.29) is 29.6 Å². The molecule has 0 fully saturated rings. The molecule has 0 bridgehead atoms. The summed E-state index contributed by atoms with van der Waals surface area (Å²) in [5, 5.41) is 12.6. The molecular weight excluding hydrogens is 452 g/mol. The van der Waals surface area contributed by atoms with E-state index in [1.165, 1.54) is 10.4 Å². The molecule has 2 aromatic rings. The quantitative estimate of drug-likeness (QED) is 0.332.